The number of rotatable bonds is 6. The summed E-state index contributed by atoms with van der Waals surface area (Å²) < 4.78 is 0. The number of hydrogen-bond donors (Lipinski definition) is 1. The molecule has 132 valence electrons. The predicted molar refractivity (Wildman–Crippen MR) is 92.4 cm³/mol. The summed E-state index contributed by atoms with van der Waals surface area (Å²) in [6.07, 6.45) is 2.04. The summed E-state index contributed by atoms with van der Waals surface area (Å²) in [7, 11) is 0. The van der Waals surface area contributed by atoms with Crippen molar-refractivity contribution >= 4 is 17.3 Å². The van der Waals surface area contributed by atoms with Crippen LogP contribution < -0.4 is 4.90 Å². The Balaban J connectivity index is 2.31. The van der Waals surface area contributed by atoms with Crippen LogP contribution in [0.4, 0.5) is 11.4 Å². The van der Waals surface area contributed by atoms with Crippen LogP contribution in [0, 0.1) is 10.1 Å². The van der Waals surface area contributed by atoms with Crippen molar-refractivity contribution in [3.63, 3.8) is 0 Å². The van der Waals surface area contributed by atoms with Crippen molar-refractivity contribution in [1.29, 1.82) is 0 Å². The molecule has 0 spiro atoms. The minimum absolute atomic E-state index is 0.0398. The quantitative estimate of drug-likeness (QED) is 0.637. The van der Waals surface area contributed by atoms with Crippen LogP contribution in [-0.2, 0) is 0 Å². The summed E-state index contributed by atoms with van der Waals surface area (Å²) >= 11 is 0. The van der Waals surface area contributed by atoms with E-state index in [0.717, 1.165) is 25.9 Å². The number of hydrogen-bond acceptors (Lipinski definition) is 5. The lowest BCUT2D eigenvalue weighted by Crippen LogP contribution is -2.42. The van der Waals surface area contributed by atoms with E-state index in [0.29, 0.717) is 12.2 Å². The van der Waals surface area contributed by atoms with Gasteiger partial charge in [-0.3, -0.25) is 14.9 Å². The molecular weight excluding hydrogens is 310 g/mol. The topological polar surface area (TPSA) is 86.9 Å². The lowest BCUT2D eigenvalue weighted by atomic mass is 10.1. The molecule has 0 radical (unpaired) electrons. The van der Waals surface area contributed by atoms with Crippen LogP contribution in [0.2, 0.25) is 0 Å². The van der Waals surface area contributed by atoms with Crippen molar-refractivity contribution in [2.45, 2.75) is 39.2 Å². The fourth-order valence-corrected chi connectivity index (χ4v) is 3.01. The normalized spacial score (nSPS) is 14.8. The molecule has 1 amide bonds. The fraction of sp³-hybridized carbons (Fsp3) is 0.588. The summed E-state index contributed by atoms with van der Waals surface area (Å²) in [5.41, 5.74) is -0.218. The van der Waals surface area contributed by atoms with Crippen LogP contribution in [0.25, 0.3) is 0 Å². The molecule has 1 heterocycles. The molecule has 0 aromatic heterocycles. The van der Waals surface area contributed by atoms with Gasteiger partial charge in [0.1, 0.15) is 5.69 Å². The first-order valence-corrected chi connectivity index (χ1v) is 8.28. The Kier molecular flexibility index (Phi) is 5.43. The molecule has 0 saturated carbocycles. The highest BCUT2D eigenvalue weighted by atomic mass is 16.6. The molecule has 1 aliphatic heterocycles. The van der Waals surface area contributed by atoms with Gasteiger partial charge in [0.2, 0.25) is 0 Å². The second kappa shape index (κ2) is 7.17. The Bertz CT molecular complexity index is 619. The first kappa shape index (κ1) is 18.2. The van der Waals surface area contributed by atoms with Gasteiger partial charge in [-0.1, -0.05) is 0 Å². The first-order chi connectivity index (χ1) is 11.2. The van der Waals surface area contributed by atoms with Crippen LogP contribution in [0.3, 0.4) is 0 Å². The van der Waals surface area contributed by atoms with E-state index in [1.165, 1.54) is 11.0 Å². The number of anilines is 1. The second-order valence-corrected chi connectivity index (χ2v) is 6.79. The van der Waals surface area contributed by atoms with E-state index in [1.54, 1.807) is 26.0 Å². The van der Waals surface area contributed by atoms with Gasteiger partial charge in [0.05, 0.1) is 10.5 Å². The number of carbonyl (C=O) groups is 1. The number of aliphatic hydroxyl groups is 1. The number of nitro groups is 1. The fourth-order valence-electron chi connectivity index (χ4n) is 3.01. The van der Waals surface area contributed by atoms with Gasteiger partial charge in [-0.05, 0) is 45.7 Å². The average molecular weight is 335 g/mol. The third-order valence-corrected chi connectivity index (χ3v) is 4.11. The highest BCUT2D eigenvalue weighted by molar-refractivity contribution is 5.95. The van der Waals surface area contributed by atoms with Gasteiger partial charge in [-0.15, -0.1) is 0 Å². The summed E-state index contributed by atoms with van der Waals surface area (Å²) in [5.74, 6) is -0.310. The average Bonchev–Trinajstić information content (AvgIpc) is 3.04. The zero-order chi connectivity index (χ0) is 17.9. The van der Waals surface area contributed by atoms with E-state index < -0.39 is 10.5 Å². The highest BCUT2D eigenvalue weighted by Gasteiger charge is 2.27. The Hall–Kier alpha value is -2.15. The van der Waals surface area contributed by atoms with Gasteiger partial charge >= 0.3 is 0 Å². The first-order valence-electron chi connectivity index (χ1n) is 8.28. The smallest absolute Gasteiger partial charge is 0.293 e. The van der Waals surface area contributed by atoms with Crippen LogP contribution in [0.1, 0.15) is 44.0 Å². The van der Waals surface area contributed by atoms with E-state index >= 15 is 0 Å². The predicted octanol–water partition coefficient (Wildman–Crippen LogP) is 2.43. The van der Waals surface area contributed by atoms with Gasteiger partial charge < -0.3 is 14.9 Å². The number of likely N-dealkylation sites (N-methyl/N-ethyl adjacent to an activating group) is 1. The van der Waals surface area contributed by atoms with Crippen molar-refractivity contribution in [3.8, 4) is 0 Å². The molecule has 0 atom stereocenters. The van der Waals surface area contributed by atoms with E-state index in [2.05, 4.69) is 0 Å². The zero-order valence-corrected chi connectivity index (χ0v) is 14.5. The van der Waals surface area contributed by atoms with Crippen LogP contribution in [0.15, 0.2) is 18.2 Å². The van der Waals surface area contributed by atoms with Gasteiger partial charge in [0.15, 0.2) is 0 Å². The molecule has 1 aromatic carbocycles. The molecule has 7 heteroatoms. The van der Waals surface area contributed by atoms with Crippen LogP contribution in [-0.4, -0.2) is 52.6 Å². The van der Waals surface area contributed by atoms with Gasteiger partial charge in [-0.25, -0.2) is 0 Å². The third-order valence-electron chi connectivity index (χ3n) is 4.11. The molecule has 24 heavy (non-hydrogen) atoms. The molecule has 1 N–H and O–H groups in total. The highest BCUT2D eigenvalue weighted by Crippen LogP contribution is 2.32. The molecule has 0 bridgehead atoms. The van der Waals surface area contributed by atoms with Gasteiger partial charge in [0.25, 0.3) is 11.6 Å². The van der Waals surface area contributed by atoms with Crippen molar-refractivity contribution in [2.75, 3.05) is 31.1 Å². The number of benzene rings is 1. The summed E-state index contributed by atoms with van der Waals surface area (Å²) in [6.45, 7) is 7.26. The molecule has 1 fully saturated rings. The largest absolute Gasteiger partial charge is 0.389 e. The molecule has 1 aliphatic rings. The standard InChI is InChI=1S/C17H25N3O4/c1-4-18(12-17(2,3)22)16(21)13-7-8-14(15(11-13)20(23)24)19-9-5-6-10-19/h7-8,11,22H,4-6,9-10,12H2,1-3H3. The molecule has 2 rings (SSSR count). The van der Waals surface area contributed by atoms with Gasteiger partial charge in [0, 0.05) is 37.8 Å². The minimum Gasteiger partial charge on any atom is -0.389 e. The second-order valence-electron chi connectivity index (χ2n) is 6.79. The van der Waals surface area contributed by atoms with Crippen molar-refractivity contribution < 1.29 is 14.8 Å². The van der Waals surface area contributed by atoms with E-state index in [9.17, 15) is 20.0 Å². The molecule has 1 aromatic rings. The molecular formula is C17H25N3O4. The molecule has 1 saturated heterocycles. The van der Waals surface area contributed by atoms with E-state index in [4.69, 9.17) is 0 Å². The van der Waals surface area contributed by atoms with Crippen LogP contribution in [0.5, 0.6) is 0 Å². The van der Waals surface area contributed by atoms with Crippen molar-refractivity contribution in [2.24, 2.45) is 0 Å². The monoisotopic (exact) mass is 335 g/mol. The van der Waals surface area contributed by atoms with Crippen molar-refractivity contribution in [1.82, 2.24) is 4.90 Å². The van der Waals surface area contributed by atoms with E-state index in [1.807, 2.05) is 11.8 Å². The Morgan fingerprint density at radius 1 is 1.38 bits per heavy atom. The summed E-state index contributed by atoms with van der Waals surface area (Å²) in [4.78, 5) is 27.1. The maximum absolute atomic E-state index is 12.6. The Morgan fingerprint density at radius 2 is 2.00 bits per heavy atom. The number of carbonyl (C=O) groups excluding carboxylic acids is 1. The summed E-state index contributed by atoms with van der Waals surface area (Å²) in [6, 6.07) is 4.65. The third kappa shape index (κ3) is 4.23. The molecule has 0 unspecified atom stereocenters. The Morgan fingerprint density at radius 3 is 2.50 bits per heavy atom. The van der Waals surface area contributed by atoms with Crippen molar-refractivity contribution in [3.05, 3.63) is 33.9 Å². The number of nitrogens with zero attached hydrogens (tertiary/aromatic N) is 3. The molecule has 7 nitrogen and oxygen atoms in total. The number of nitro benzene ring substituents is 1. The minimum atomic E-state index is -1.02. The lowest BCUT2D eigenvalue weighted by Gasteiger charge is -2.28. The molecule has 0 aliphatic carbocycles. The number of amides is 1. The maximum Gasteiger partial charge on any atom is 0.293 e. The van der Waals surface area contributed by atoms with Gasteiger partial charge in [-0.2, -0.15) is 0 Å². The SMILES string of the molecule is CCN(CC(C)(C)O)C(=O)c1ccc(N2CCCC2)c([N+](=O)[O-])c1. The Labute approximate surface area is 142 Å². The lowest BCUT2D eigenvalue weighted by molar-refractivity contribution is -0.384. The van der Waals surface area contributed by atoms with E-state index in [-0.39, 0.29) is 23.7 Å². The van der Waals surface area contributed by atoms with Crippen LogP contribution >= 0.6 is 0 Å². The summed E-state index contributed by atoms with van der Waals surface area (Å²) in [5, 5.41) is 21.4. The maximum atomic E-state index is 12.6. The zero-order valence-electron chi connectivity index (χ0n) is 14.5.